The Labute approximate surface area is 167 Å². The molecule has 0 aliphatic carbocycles. The number of thiazole rings is 1. The zero-order valence-corrected chi connectivity index (χ0v) is 17.2. The third-order valence-electron chi connectivity index (χ3n) is 4.79. The number of hydrogen-bond acceptors (Lipinski definition) is 6. The fourth-order valence-electron chi connectivity index (χ4n) is 3.07. The number of anilines is 2. The van der Waals surface area contributed by atoms with Gasteiger partial charge in [0.15, 0.2) is 5.13 Å². The minimum absolute atomic E-state index is 0.0778. The number of carbonyl (C=O) groups excluding carboxylic acids is 3. The lowest BCUT2D eigenvalue weighted by atomic mass is 10.1. The largest absolute Gasteiger partial charge is 0.462 e. The van der Waals surface area contributed by atoms with Crippen molar-refractivity contribution in [3.05, 3.63) is 39.9 Å². The van der Waals surface area contributed by atoms with Gasteiger partial charge in [0.2, 0.25) is 11.8 Å². The van der Waals surface area contributed by atoms with E-state index in [2.05, 4.69) is 10.3 Å². The molecular weight excluding hydrogens is 378 g/mol. The first-order valence-electron chi connectivity index (χ1n) is 9.13. The molecule has 1 aromatic heterocycles. The molecule has 28 heavy (non-hydrogen) atoms. The third kappa shape index (κ3) is 4.06. The van der Waals surface area contributed by atoms with Gasteiger partial charge in [0.25, 0.3) is 0 Å². The fourth-order valence-corrected chi connectivity index (χ4v) is 3.93. The van der Waals surface area contributed by atoms with Crippen LogP contribution in [0.25, 0.3) is 0 Å². The fraction of sp³-hybridized carbons (Fsp3) is 0.400. The number of rotatable bonds is 5. The predicted octanol–water partition coefficient (Wildman–Crippen LogP) is 3.24. The van der Waals surface area contributed by atoms with E-state index >= 15 is 0 Å². The van der Waals surface area contributed by atoms with Crippen molar-refractivity contribution in [2.75, 3.05) is 23.4 Å². The first kappa shape index (κ1) is 20.0. The highest BCUT2D eigenvalue weighted by atomic mass is 32.1. The van der Waals surface area contributed by atoms with Crippen LogP contribution in [0.3, 0.4) is 0 Å². The predicted molar refractivity (Wildman–Crippen MR) is 108 cm³/mol. The molecule has 1 saturated heterocycles. The number of ether oxygens (including phenoxy) is 1. The quantitative estimate of drug-likeness (QED) is 0.777. The average Bonchev–Trinajstić information content (AvgIpc) is 3.20. The Bertz CT molecular complexity index is 938. The molecule has 148 valence electrons. The van der Waals surface area contributed by atoms with Gasteiger partial charge in [0.1, 0.15) is 4.88 Å². The summed E-state index contributed by atoms with van der Waals surface area (Å²) in [5.74, 6) is -1.27. The lowest BCUT2D eigenvalue weighted by molar-refractivity contribution is -0.122. The molecule has 3 rings (SSSR count). The number of aryl methyl sites for hydroxylation is 3. The number of aromatic nitrogens is 1. The van der Waals surface area contributed by atoms with Crippen molar-refractivity contribution in [1.82, 2.24) is 4.98 Å². The molecule has 0 radical (unpaired) electrons. The van der Waals surface area contributed by atoms with Gasteiger partial charge < -0.3 is 15.0 Å². The minimum atomic E-state index is -0.468. The van der Waals surface area contributed by atoms with E-state index in [0.717, 1.165) is 28.2 Å². The van der Waals surface area contributed by atoms with Gasteiger partial charge in [-0.3, -0.25) is 9.59 Å². The van der Waals surface area contributed by atoms with Crippen LogP contribution >= 0.6 is 11.3 Å². The van der Waals surface area contributed by atoms with Crippen molar-refractivity contribution < 1.29 is 19.1 Å². The maximum atomic E-state index is 12.6. The number of nitrogens with one attached hydrogen (secondary N) is 1. The van der Waals surface area contributed by atoms with E-state index in [9.17, 15) is 14.4 Å². The van der Waals surface area contributed by atoms with Crippen LogP contribution in [0.5, 0.6) is 0 Å². The molecule has 1 N–H and O–H groups in total. The standard InChI is InChI=1S/C20H23N3O4S/c1-5-27-19(26)17-13(4)21-20(28-17)22-18(25)14-9-16(24)23(10-14)15-7-6-11(2)12(3)8-15/h6-8,14H,5,9-10H2,1-4H3,(H,21,22,25). The summed E-state index contributed by atoms with van der Waals surface area (Å²) in [4.78, 5) is 43.2. The Morgan fingerprint density at radius 1 is 1.29 bits per heavy atom. The lowest BCUT2D eigenvalue weighted by Gasteiger charge is -2.17. The maximum Gasteiger partial charge on any atom is 0.350 e. The summed E-state index contributed by atoms with van der Waals surface area (Å²) in [6.45, 7) is 8.03. The number of hydrogen-bond donors (Lipinski definition) is 1. The monoisotopic (exact) mass is 401 g/mol. The van der Waals surface area contributed by atoms with Crippen LogP contribution in [0.2, 0.25) is 0 Å². The molecule has 1 aliphatic rings. The number of nitrogens with zero attached hydrogens (tertiary/aromatic N) is 2. The summed E-state index contributed by atoms with van der Waals surface area (Å²) < 4.78 is 4.99. The zero-order chi connectivity index (χ0) is 20.4. The van der Waals surface area contributed by atoms with Crippen molar-refractivity contribution in [3.63, 3.8) is 0 Å². The zero-order valence-electron chi connectivity index (χ0n) is 16.4. The van der Waals surface area contributed by atoms with E-state index in [1.54, 1.807) is 18.7 Å². The Balaban J connectivity index is 1.69. The SMILES string of the molecule is CCOC(=O)c1sc(NC(=O)C2CC(=O)N(c3ccc(C)c(C)c3)C2)nc1C. The third-order valence-corrected chi connectivity index (χ3v) is 5.84. The van der Waals surface area contributed by atoms with Gasteiger partial charge in [0.05, 0.1) is 18.2 Å². The van der Waals surface area contributed by atoms with Crippen LogP contribution in [0.15, 0.2) is 18.2 Å². The number of amides is 2. The summed E-state index contributed by atoms with van der Waals surface area (Å²) in [7, 11) is 0. The highest BCUT2D eigenvalue weighted by Crippen LogP contribution is 2.29. The van der Waals surface area contributed by atoms with Crippen molar-refractivity contribution in [2.24, 2.45) is 5.92 Å². The van der Waals surface area contributed by atoms with Crippen LogP contribution in [-0.4, -0.2) is 35.9 Å². The molecule has 2 aromatic rings. The van der Waals surface area contributed by atoms with Crippen molar-refractivity contribution in [1.29, 1.82) is 0 Å². The van der Waals surface area contributed by atoms with Gasteiger partial charge in [-0.2, -0.15) is 0 Å². The highest BCUT2D eigenvalue weighted by molar-refractivity contribution is 7.17. The second-order valence-electron chi connectivity index (χ2n) is 6.82. The van der Waals surface area contributed by atoms with Crippen molar-refractivity contribution in [2.45, 2.75) is 34.1 Å². The van der Waals surface area contributed by atoms with E-state index in [0.29, 0.717) is 22.2 Å². The summed E-state index contributed by atoms with van der Waals surface area (Å²) in [6.07, 6.45) is 0.147. The van der Waals surface area contributed by atoms with Crippen molar-refractivity contribution >= 4 is 39.9 Å². The van der Waals surface area contributed by atoms with Crippen LogP contribution in [0.4, 0.5) is 10.8 Å². The van der Waals surface area contributed by atoms with Gasteiger partial charge in [-0.05, 0) is 51.0 Å². The number of carbonyl (C=O) groups is 3. The van der Waals surface area contributed by atoms with Gasteiger partial charge in [0, 0.05) is 18.7 Å². The summed E-state index contributed by atoms with van der Waals surface area (Å²) in [5, 5.41) is 3.07. The number of esters is 1. The average molecular weight is 401 g/mol. The minimum Gasteiger partial charge on any atom is -0.462 e. The van der Waals surface area contributed by atoms with E-state index < -0.39 is 11.9 Å². The Morgan fingerprint density at radius 2 is 2.04 bits per heavy atom. The molecule has 8 heteroatoms. The van der Waals surface area contributed by atoms with Crippen molar-refractivity contribution in [3.8, 4) is 0 Å². The summed E-state index contributed by atoms with van der Waals surface area (Å²) in [6, 6.07) is 5.83. The molecule has 1 fully saturated rings. The molecule has 2 heterocycles. The Morgan fingerprint density at radius 3 is 2.71 bits per heavy atom. The molecule has 2 amide bonds. The van der Waals surface area contributed by atoms with E-state index in [-0.39, 0.29) is 24.8 Å². The highest BCUT2D eigenvalue weighted by Gasteiger charge is 2.35. The first-order chi connectivity index (χ1) is 13.3. The van der Waals surface area contributed by atoms with E-state index in [4.69, 9.17) is 4.74 Å². The summed E-state index contributed by atoms with van der Waals surface area (Å²) >= 11 is 1.08. The molecule has 0 spiro atoms. The second-order valence-corrected chi connectivity index (χ2v) is 7.82. The molecule has 0 saturated carbocycles. The Kier molecular flexibility index (Phi) is 5.79. The molecular formula is C20H23N3O4S. The Hall–Kier alpha value is -2.74. The van der Waals surface area contributed by atoms with E-state index in [1.165, 1.54) is 0 Å². The van der Waals surface area contributed by atoms with Gasteiger partial charge >= 0.3 is 5.97 Å². The molecule has 1 aliphatic heterocycles. The topological polar surface area (TPSA) is 88.6 Å². The van der Waals surface area contributed by atoms with Crippen LogP contribution in [0.1, 0.15) is 39.8 Å². The first-order valence-corrected chi connectivity index (χ1v) is 9.94. The lowest BCUT2D eigenvalue weighted by Crippen LogP contribution is -2.28. The summed E-state index contributed by atoms with van der Waals surface area (Å²) in [5.41, 5.74) is 3.57. The molecule has 1 atom stereocenters. The van der Waals surface area contributed by atoms with Gasteiger partial charge in [-0.15, -0.1) is 0 Å². The van der Waals surface area contributed by atoms with Crippen LogP contribution in [0, 0.1) is 26.7 Å². The molecule has 0 bridgehead atoms. The van der Waals surface area contributed by atoms with Gasteiger partial charge in [-0.25, -0.2) is 9.78 Å². The number of benzene rings is 1. The maximum absolute atomic E-state index is 12.6. The van der Waals surface area contributed by atoms with Gasteiger partial charge in [-0.1, -0.05) is 17.4 Å². The molecule has 1 aromatic carbocycles. The van der Waals surface area contributed by atoms with Crippen LogP contribution < -0.4 is 10.2 Å². The molecule has 7 nitrogen and oxygen atoms in total. The van der Waals surface area contributed by atoms with E-state index in [1.807, 2.05) is 32.0 Å². The van der Waals surface area contributed by atoms with Crippen LogP contribution in [-0.2, 0) is 14.3 Å². The smallest absolute Gasteiger partial charge is 0.350 e. The second kappa shape index (κ2) is 8.10. The molecule has 1 unspecified atom stereocenters. The normalized spacial score (nSPS) is 16.4.